The molecule has 0 amide bonds. The average Bonchev–Trinajstić information content (AvgIpc) is 1.93. The average molecular weight is 132 g/mol. The van der Waals surface area contributed by atoms with Gasteiger partial charge in [-0.1, -0.05) is 42.0 Å². The molecule has 1 aliphatic rings. The highest BCUT2D eigenvalue weighted by Gasteiger charge is 1.91. The predicted molar refractivity (Wildman–Crippen MR) is 45.8 cm³/mol. The second-order valence-electron chi connectivity index (χ2n) is 2.68. The van der Waals surface area contributed by atoms with Crippen molar-refractivity contribution in [2.75, 3.05) is 0 Å². The van der Waals surface area contributed by atoms with E-state index in [4.69, 9.17) is 0 Å². The molecule has 1 rings (SSSR count). The molecule has 0 nitrogen and oxygen atoms in total. The first kappa shape index (κ1) is 7.07. The van der Waals surface area contributed by atoms with Gasteiger partial charge in [0.2, 0.25) is 0 Å². The Morgan fingerprint density at radius 2 is 1.70 bits per heavy atom. The monoisotopic (exact) mass is 132 g/mol. The Kier molecular flexibility index (Phi) is 1.91. The van der Waals surface area contributed by atoms with Gasteiger partial charge in [0.05, 0.1) is 0 Å². The lowest BCUT2D eigenvalue weighted by Crippen LogP contribution is -1.68. The molecule has 10 heavy (non-hydrogen) atoms. The second kappa shape index (κ2) is 2.70. The van der Waals surface area contributed by atoms with E-state index < -0.39 is 0 Å². The van der Waals surface area contributed by atoms with Crippen molar-refractivity contribution in [2.24, 2.45) is 0 Å². The van der Waals surface area contributed by atoms with Crippen LogP contribution in [0.1, 0.15) is 13.8 Å². The fourth-order valence-corrected chi connectivity index (χ4v) is 1.03. The van der Waals surface area contributed by atoms with E-state index in [1.54, 1.807) is 0 Å². The molecule has 0 spiro atoms. The molecule has 0 aromatic heterocycles. The molecule has 0 unspecified atom stereocenters. The third kappa shape index (κ3) is 1.73. The summed E-state index contributed by atoms with van der Waals surface area (Å²) >= 11 is 0. The van der Waals surface area contributed by atoms with E-state index in [0.29, 0.717) is 0 Å². The van der Waals surface area contributed by atoms with Crippen LogP contribution in [-0.2, 0) is 0 Å². The molecule has 1 aliphatic carbocycles. The van der Waals surface area contributed by atoms with Crippen LogP contribution in [-0.4, -0.2) is 0 Å². The number of hydrogen-bond donors (Lipinski definition) is 0. The van der Waals surface area contributed by atoms with Crippen molar-refractivity contribution in [3.63, 3.8) is 0 Å². The molecular weight excluding hydrogens is 120 g/mol. The predicted octanol–water partition coefficient (Wildman–Crippen LogP) is 3.01. The molecule has 0 aliphatic heterocycles. The standard InChI is InChI=1S/C10H12/c1-8-4-5-9(2)7-10(3)6-8/h4-7H,1H2,2-3H3. The highest BCUT2D eigenvalue weighted by atomic mass is 14.0. The van der Waals surface area contributed by atoms with Crippen molar-refractivity contribution in [3.8, 4) is 0 Å². The largest absolute Gasteiger partial charge is 0.0918 e. The zero-order valence-corrected chi connectivity index (χ0v) is 6.52. The minimum absolute atomic E-state index is 1.07. The maximum atomic E-state index is 3.86. The summed E-state index contributed by atoms with van der Waals surface area (Å²) in [7, 11) is 0. The van der Waals surface area contributed by atoms with Gasteiger partial charge in [0.1, 0.15) is 0 Å². The van der Waals surface area contributed by atoms with Gasteiger partial charge < -0.3 is 0 Å². The summed E-state index contributed by atoms with van der Waals surface area (Å²) in [5, 5.41) is 0. The Morgan fingerprint density at radius 3 is 2.40 bits per heavy atom. The quantitative estimate of drug-likeness (QED) is 0.475. The summed E-state index contributed by atoms with van der Waals surface area (Å²) in [5.41, 5.74) is 3.63. The number of rotatable bonds is 0. The molecule has 0 atom stereocenters. The minimum atomic E-state index is 1.07. The molecule has 0 saturated carbocycles. The van der Waals surface area contributed by atoms with Crippen LogP contribution in [0.25, 0.3) is 0 Å². The van der Waals surface area contributed by atoms with E-state index in [-0.39, 0.29) is 0 Å². The summed E-state index contributed by atoms with van der Waals surface area (Å²) in [6, 6.07) is 0. The smallest absolute Gasteiger partial charge is 0.0326 e. The lowest BCUT2D eigenvalue weighted by molar-refractivity contribution is 1.45. The summed E-state index contributed by atoms with van der Waals surface area (Å²) < 4.78 is 0. The van der Waals surface area contributed by atoms with Gasteiger partial charge in [0.15, 0.2) is 0 Å². The molecule has 0 N–H and O–H groups in total. The topological polar surface area (TPSA) is 0 Å². The lowest BCUT2D eigenvalue weighted by Gasteiger charge is -1.88. The van der Waals surface area contributed by atoms with Crippen LogP contribution in [0, 0.1) is 0 Å². The van der Waals surface area contributed by atoms with E-state index in [0.717, 1.165) is 5.57 Å². The van der Waals surface area contributed by atoms with Crippen molar-refractivity contribution >= 4 is 0 Å². The third-order valence-electron chi connectivity index (χ3n) is 1.43. The highest BCUT2D eigenvalue weighted by Crippen LogP contribution is 2.12. The highest BCUT2D eigenvalue weighted by molar-refractivity contribution is 5.42. The van der Waals surface area contributed by atoms with E-state index in [1.807, 2.05) is 6.08 Å². The van der Waals surface area contributed by atoms with Crippen molar-refractivity contribution < 1.29 is 0 Å². The van der Waals surface area contributed by atoms with E-state index in [1.165, 1.54) is 11.1 Å². The molecule has 0 bridgehead atoms. The first-order valence-corrected chi connectivity index (χ1v) is 3.42. The van der Waals surface area contributed by atoms with Gasteiger partial charge >= 0.3 is 0 Å². The summed E-state index contributed by atoms with van der Waals surface area (Å²) in [6.07, 6.45) is 8.33. The molecular formula is C10H12. The van der Waals surface area contributed by atoms with E-state index in [2.05, 4.69) is 38.7 Å². The van der Waals surface area contributed by atoms with Crippen molar-refractivity contribution in [3.05, 3.63) is 47.6 Å². The van der Waals surface area contributed by atoms with Crippen molar-refractivity contribution in [2.45, 2.75) is 13.8 Å². The first-order valence-electron chi connectivity index (χ1n) is 3.42. The minimum Gasteiger partial charge on any atom is -0.0918 e. The zero-order valence-electron chi connectivity index (χ0n) is 6.52. The fourth-order valence-electron chi connectivity index (χ4n) is 1.03. The second-order valence-corrected chi connectivity index (χ2v) is 2.68. The lowest BCUT2D eigenvalue weighted by atomic mass is 10.2. The summed E-state index contributed by atoms with van der Waals surface area (Å²) in [5.74, 6) is 0. The summed E-state index contributed by atoms with van der Waals surface area (Å²) in [4.78, 5) is 0. The Balaban J connectivity index is 2.99. The zero-order chi connectivity index (χ0) is 7.56. The van der Waals surface area contributed by atoms with Crippen LogP contribution in [0.15, 0.2) is 47.6 Å². The van der Waals surface area contributed by atoms with Crippen LogP contribution >= 0.6 is 0 Å². The molecule has 0 aromatic carbocycles. The SMILES string of the molecule is C=C1C=CC(C)=CC(C)=C1. The van der Waals surface area contributed by atoms with E-state index >= 15 is 0 Å². The molecule has 0 saturated heterocycles. The molecule has 52 valence electrons. The molecule has 0 fully saturated rings. The van der Waals surface area contributed by atoms with Crippen molar-refractivity contribution in [1.82, 2.24) is 0 Å². The molecule has 0 radical (unpaired) electrons. The van der Waals surface area contributed by atoms with Gasteiger partial charge in [0.25, 0.3) is 0 Å². The maximum Gasteiger partial charge on any atom is -0.0326 e. The van der Waals surface area contributed by atoms with E-state index in [9.17, 15) is 0 Å². The number of hydrogen-bond acceptors (Lipinski definition) is 0. The van der Waals surface area contributed by atoms with Crippen molar-refractivity contribution in [1.29, 1.82) is 0 Å². The van der Waals surface area contributed by atoms with Crippen LogP contribution in [0.5, 0.6) is 0 Å². The maximum absolute atomic E-state index is 3.86. The molecule has 0 heterocycles. The van der Waals surface area contributed by atoms with Gasteiger partial charge in [-0.15, -0.1) is 0 Å². The molecule has 0 heteroatoms. The first-order chi connectivity index (χ1) is 4.68. The third-order valence-corrected chi connectivity index (χ3v) is 1.43. The fraction of sp³-hybridized carbons (Fsp3) is 0.200. The van der Waals surface area contributed by atoms with Gasteiger partial charge in [-0.05, 0) is 19.4 Å². The Bertz CT molecular complexity index is 234. The van der Waals surface area contributed by atoms with Gasteiger partial charge in [-0.25, -0.2) is 0 Å². The van der Waals surface area contributed by atoms with Crippen LogP contribution in [0.2, 0.25) is 0 Å². The van der Waals surface area contributed by atoms with Crippen LogP contribution in [0.4, 0.5) is 0 Å². The number of allylic oxidation sites excluding steroid dienone is 7. The Morgan fingerprint density at radius 1 is 1.00 bits per heavy atom. The normalized spacial score (nSPS) is 18.0. The van der Waals surface area contributed by atoms with Gasteiger partial charge in [-0.2, -0.15) is 0 Å². The Labute approximate surface area is 62.3 Å². The van der Waals surface area contributed by atoms with Gasteiger partial charge in [0, 0.05) is 0 Å². The molecule has 0 aromatic rings. The van der Waals surface area contributed by atoms with Gasteiger partial charge in [-0.3, -0.25) is 0 Å². The summed E-state index contributed by atoms with van der Waals surface area (Å²) in [6.45, 7) is 8.04. The Hall–Kier alpha value is -1.04. The van der Waals surface area contributed by atoms with Crippen LogP contribution < -0.4 is 0 Å². The van der Waals surface area contributed by atoms with Crippen LogP contribution in [0.3, 0.4) is 0 Å².